The van der Waals surface area contributed by atoms with Gasteiger partial charge in [-0.1, -0.05) is 13.3 Å². The van der Waals surface area contributed by atoms with E-state index in [-0.39, 0.29) is 32.5 Å². The van der Waals surface area contributed by atoms with Crippen molar-refractivity contribution in [2.75, 3.05) is 6.61 Å². The van der Waals surface area contributed by atoms with E-state index in [2.05, 4.69) is 6.92 Å². The van der Waals surface area contributed by atoms with Crippen molar-refractivity contribution in [3.05, 3.63) is 0 Å². The Morgan fingerprint density at radius 3 is 1.86 bits per heavy atom. The van der Waals surface area contributed by atoms with E-state index in [4.69, 9.17) is 5.11 Å². The number of unbranched alkanes of at least 4 members (excludes halogenated alkanes) is 1. The summed E-state index contributed by atoms with van der Waals surface area (Å²) in [7, 11) is 0. The molecular formula is C4H11ClIrO. The topological polar surface area (TPSA) is 20.2 Å². The van der Waals surface area contributed by atoms with Crippen LogP contribution in [-0.2, 0) is 20.1 Å². The molecule has 0 saturated carbocycles. The van der Waals surface area contributed by atoms with Crippen LogP contribution in [0.5, 0.6) is 0 Å². The van der Waals surface area contributed by atoms with Crippen LogP contribution in [0.2, 0.25) is 0 Å². The zero-order chi connectivity index (χ0) is 4.12. The molecule has 1 N–H and O–H groups in total. The maximum atomic E-state index is 8.07. The average molecular weight is 303 g/mol. The molecule has 49 valence electrons. The van der Waals surface area contributed by atoms with Gasteiger partial charge < -0.3 is 5.11 Å². The van der Waals surface area contributed by atoms with Gasteiger partial charge in [0.05, 0.1) is 0 Å². The van der Waals surface area contributed by atoms with E-state index in [9.17, 15) is 0 Å². The van der Waals surface area contributed by atoms with Gasteiger partial charge in [-0.05, 0) is 6.42 Å². The molecule has 0 saturated heterocycles. The molecular weight excluding hydrogens is 292 g/mol. The molecule has 0 aromatic rings. The largest absolute Gasteiger partial charge is 0.396 e. The number of halogens is 1. The summed E-state index contributed by atoms with van der Waals surface area (Å²) in [6.07, 6.45) is 2.04. The van der Waals surface area contributed by atoms with Crippen molar-refractivity contribution in [1.82, 2.24) is 0 Å². The monoisotopic (exact) mass is 303 g/mol. The minimum Gasteiger partial charge on any atom is -0.396 e. The van der Waals surface area contributed by atoms with Crippen molar-refractivity contribution >= 4 is 12.4 Å². The van der Waals surface area contributed by atoms with E-state index < -0.39 is 0 Å². The van der Waals surface area contributed by atoms with Crippen molar-refractivity contribution in [2.45, 2.75) is 19.8 Å². The van der Waals surface area contributed by atoms with Crippen molar-refractivity contribution in [1.29, 1.82) is 0 Å². The van der Waals surface area contributed by atoms with E-state index >= 15 is 0 Å². The van der Waals surface area contributed by atoms with Gasteiger partial charge in [-0.15, -0.1) is 12.4 Å². The fourth-order valence-corrected chi connectivity index (χ4v) is 0.158. The second-order valence-electron chi connectivity index (χ2n) is 1.08. The van der Waals surface area contributed by atoms with Gasteiger partial charge in [0.1, 0.15) is 0 Å². The quantitative estimate of drug-likeness (QED) is 0.813. The van der Waals surface area contributed by atoms with Gasteiger partial charge in [0.25, 0.3) is 0 Å². The van der Waals surface area contributed by atoms with Gasteiger partial charge in [-0.2, -0.15) is 0 Å². The SMILES string of the molecule is CCCCO.Cl.[Ir]. The maximum absolute atomic E-state index is 8.07. The van der Waals surface area contributed by atoms with E-state index in [1.54, 1.807) is 0 Å². The van der Waals surface area contributed by atoms with E-state index in [1.807, 2.05) is 0 Å². The third-order valence-electron chi connectivity index (χ3n) is 0.512. The molecule has 0 aliphatic rings. The Bertz CT molecular complexity index is 19.2. The Balaban J connectivity index is -0.0000000800. The Morgan fingerprint density at radius 1 is 1.43 bits per heavy atom. The second-order valence-corrected chi connectivity index (χ2v) is 1.08. The van der Waals surface area contributed by atoms with Crippen LogP contribution in [0.25, 0.3) is 0 Å². The molecule has 0 aliphatic heterocycles. The molecule has 0 rings (SSSR count). The summed E-state index contributed by atoms with van der Waals surface area (Å²) in [5.74, 6) is 0. The molecule has 7 heavy (non-hydrogen) atoms. The summed E-state index contributed by atoms with van der Waals surface area (Å²) < 4.78 is 0. The molecule has 1 radical (unpaired) electrons. The first-order chi connectivity index (χ1) is 2.41. The minimum atomic E-state index is 0. The fourth-order valence-electron chi connectivity index (χ4n) is 0.158. The summed E-state index contributed by atoms with van der Waals surface area (Å²) in [5.41, 5.74) is 0. The molecule has 1 nitrogen and oxygen atoms in total. The zero-order valence-corrected chi connectivity index (χ0v) is 7.52. The van der Waals surface area contributed by atoms with E-state index in [0.29, 0.717) is 6.61 Å². The van der Waals surface area contributed by atoms with Crippen LogP contribution in [0.1, 0.15) is 19.8 Å². The summed E-state index contributed by atoms with van der Waals surface area (Å²) in [4.78, 5) is 0. The molecule has 0 unspecified atom stereocenters. The van der Waals surface area contributed by atoms with Gasteiger partial charge in [0, 0.05) is 26.7 Å². The molecule has 0 atom stereocenters. The molecule has 0 aliphatic carbocycles. The third kappa shape index (κ3) is 19.7. The van der Waals surface area contributed by atoms with Crippen LogP contribution in [-0.4, -0.2) is 11.7 Å². The smallest absolute Gasteiger partial charge is 0.0430 e. The van der Waals surface area contributed by atoms with Crippen LogP contribution >= 0.6 is 12.4 Å². The Kier molecular flexibility index (Phi) is 35.3. The summed E-state index contributed by atoms with van der Waals surface area (Å²) in [6, 6.07) is 0. The molecule has 0 aromatic heterocycles. The molecule has 0 fully saturated rings. The Hall–Kier alpha value is 0.899. The molecule has 0 aromatic carbocycles. The van der Waals surface area contributed by atoms with E-state index in [1.165, 1.54) is 0 Å². The summed E-state index contributed by atoms with van der Waals surface area (Å²) >= 11 is 0. The van der Waals surface area contributed by atoms with Gasteiger partial charge in [0.2, 0.25) is 0 Å². The van der Waals surface area contributed by atoms with E-state index in [0.717, 1.165) is 12.8 Å². The van der Waals surface area contributed by atoms with Crippen LogP contribution in [0.4, 0.5) is 0 Å². The summed E-state index contributed by atoms with van der Waals surface area (Å²) in [5, 5.41) is 8.07. The fraction of sp³-hybridized carbons (Fsp3) is 1.00. The van der Waals surface area contributed by atoms with Crippen molar-refractivity contribution < 1.29 is 25.2 Å². The summed E-state index contributed by atoms with van der Waals surface area (Å²) in [6.45, 7) is 2.40. The van der Waals surface area contributed by atoms with Gasteiger partial charge >= 0.3 is 0 Å². The van der Waals surface area contributed by atoms with Crippen molar-refractivity contribution in [3.63, 3.8) is 0 Å². The van der Waals surface area contributed by atoms with Crippen LogP contribution in [0.3, 0.4) is 0 Å². The first-order valence-electron chi connectivity index (χ1n) is 2.02. The predicted octanol–water partition coefficient (Wildman–Crippen LogP) is 1.20. The Morgan fingerprint density at radius 2 is 1.86 bits per heavy atom. The minimum absolute atomic E-state index is 0. The van der Waals surface area contributed by atoms with Crippen LogP contribution in [0.15, 0.2) is 0 Å². The molecule has 0 heterocycles. The number of hydrogen-bond acceptors (Lipinski definition) is 1. The van der Waals surface area contributed by atoms with Crippen LogP contribution < -0.4 is 0 Å². The average Bonchev–Trinajstić information content (AvgIpc) is 1.41. The standard InChI is InChI=1S/C4H10O.ClH.Ir/c1-2-3-4-5;;/h5H,2-4H2,1H3;1H;. The number of hydrogen-bond donors (Lipinski definition) is 1. The number of aliphatic hydroxyl groups excluding tert-OH is 1. The molecule has 0 spiro atoms. The molecule has 3 heteroatoms. The van der Waals surface area contributed by atoms with Crippen LogP contribution in [0, 0.1) is 0 Å². The third-order valence-corrected chi connectivity index (χ3v) is 0.512. The van der Waals surface area contributed by atoms with Gasteiger partial charge in [-0.3, -0.25) is 0 Å². The second kappa shape index (κ2) is 15.8. The normalized spacial score (nSPS) is 6.00. The predicted molar refractivity (Wildman–Crippen MR) is 29.2 cm³/mol. The number of aliphatic hydroxyl groups is 1. The Labute approximate surface area is 64.3 Å². The molecule has 0 amide bonds. The first-order valence-corrected chi connectivity index (χ1v) is 2.02. The van der Waals surface area contributed by atoms with Gasteiger partial charge in [0.15, 0.2) is 0 Å². The van der Waals surface area contributed by atoms with Crippen molar-refractivity contribution in [2.24, 2.45) is 0 Å². The number of rotatable bonds is 2. The molecule has 0 bridgehead atoms. The zero-order valence-electron chi connectivity index (χ0n) is 4.31. The maximum Gasteiger partial charge on any atom is 0.0430 e. The van der Waals surface area contributed by atoms with Crippen molar-refractivity contribution in [3.8, 4) is 0 Å². The first kappa shape index (κ1) is 15.7. The van der Waals surface area contributed by atoms with Gasteiger partial charge in [-0.25, -0.2) is 0 Å².